The van der Waals surface area contributed by atoms with E-state index in [1.807, 2.05) is 6.20 Å². The van der Waals surface area contributed by atoms with E-state index in [1.165, 1.54) is 16.8 Å². The molecule has 0 saturated carbocycles. The van der Waals surface area contributed by atoms with Crippen molar-refractivity contribution < 1.29 is 4.74 Å². The molecular formula is C14H20N2O. The first kappa shape index (κ1) is 12.3. The van der Waals surface area contributed by atoms with Crippen LogP contribution in [0.25, 0.3) is 5.57 Å². The van der Waals surface area contributed by atoms with Gasteiger partial charge in [-0.3, -0.25) is 4.98 Å². The van der Waals surface area contributed by atoms with Crippen LogP contribution in [0.1, 0.15) is 23.2 Å². The summed E-state index contributed by atoms with van der Waals surface area (Å²) in [5.74, 6) is 0. The van der Waals surface area contributed by atoms with Gasteiger partial charge in [0.05, 0.1) is 6.61 Å². The van der Waals surface area contributed by atoms with Crippen molar-refractivity contribution in [3.63, 3.8) is 0 Å². The van der Waals surface area contributed by atoms with Gasteiger partial charge >= 0.3 is 0 Å². The quantitative estimate of drug-likeness (QED) is 0.795. The number of ether oxygens (including phenoxy) is 1. The van der Waals surface area contributed by atoms with Crippen LogP contribution >= 0.6 is 0 Å². The number of methoxy groups -OCH3 is 1. The lowest BCUT2D eigenvalue weighted by Crippen LogP contribution is -2.10. The predicted octanol–water partition coefficient (Wildman–Crippen LogP) is 2.12. The van der Waals surface area contributed by atoms with Crippen LogP contribution in [0.15, 0.2) is 18.3 Å². The van der Waals surface area contributed by atoms with E-state index in [2.05, 4.69) is 36.1 Å². The van der Waals surface area contributed by atoms with E-state index in [9.17, 15) is 0 Å². The molecule has 0 aliphatic heterocycles. The van der Waals surface area contributed by atoms with Crippen molar-refractivity contribution in [2.45, 2.75) is 19.4 Å². The van der Waals surface area contributed by atoms with Gasteiger partial charge in [-0.1, -0.05) is 6.08 Å². The Labute approximate surface area is 103 Å². The maximum absolute atomic E-state index is 5.15. The van der Waals surface area contributed by atoms with Crippen LogP contribution in [0.4, 0.5) is 0 Å². The van der Waals surface area contributed by atoms with Crippen LogP contribution in [0, 0.1) is 0 Å². The Morgan fingerprint density at radius 2 is 2.24 bits per heavy atom. The Kier molecular flexibility index (Phi) is 3.92. The molecular weight excluding hydrogens is 212 g/mol. The molecule has 92 valence electrons. The highest BCUT2D eigenvalue weighted by Crippen LogP contribution is 2.31. The van der Waals surface area contributed by atoms with Gasteiger partial charge in [-0.05, 0) is 49.7 Å². The molecule has 2 rings (SSSR count). The minimum absolute atomic E-state index is 0.640. The number of hydrogen-bond acceptors (Lipinski definition) is 3. The van der Waals surface area contributed by atoms with Crippen molar-refractivity contribution in [3.8, 4) is 0 Å². The zero-order valence-electron chi connectivity index (χ0n) is 10.9. The lowest BCUT2D eigenvalue weighted by Gasteiger charge is -2.08. The second-order valence-corrected chi connectivity index (χ2v) is 4.76. The van der Waals surface area contributed by atoms with Crippen LogP contribution in [0.5, 0.6) is 0 Å². The van der Waals surface area contributed by atoms with E-state index >= 15 is 0 Å². The number of rotatable bonds is 4. The van der Waals surface area contributed by atoms with Crippen molar-refractivity contribution in [3.05, 3.63) is 35.2 Å². The summed E-state index contributed by atoms with van der Waals surface area (Å²) < 4.78 is 5.15. The summed E-state index contributed by atoms with van der Waals surface area (Å²) in [7, 11) is 5.90. The zero-order chi connectivity index (χ0) is 12.3. The van der Waals surface area contributed by atoms with Crippen LogP contribution in [0.3, 0.4) is 0 Å². The number of likely N-dealkylation sites (N-methyl/N-ethyl adjacent to an activating group) is 1. The average Bonchev–Trinajstić information content (AvgIpc) is 2.69. The van der Waals surface area contributed by atoms with Crippen molar-refractivity contribution in [1.82, 2.24) is 9.88 Å². The Morgan fingerprint density at radius 3 is 2.94 bits per heavy atom. The van der Waals surface area contributed by atoms with Gasteiger partial charge in [0.15, 0.2) is 0 Å². The predicted molar refractivity (Wildman–Crippen MR) is 69.8 cm³/mol. The van der Waals surface area contributed by atoms with Gasteiger partial charge < -0.3 is 9.64 Å². The molecule has 1 aromatic rings. The number of aromatic nitrogens is 1. The SMILES string of the molecule is COCc1cnc2c(c1)/C(=C/CN(C)C)CC2. The van der Waals surface area contributed by atoms with E-state index in [0.717, 1.165) is 24.9 Å². The normalized spacial score (nSPS) is 16.8. The van der Waals surface area contributed by atoms with Gasteiger partial charge in [-0.2, -0.15) is 0 Å². The van der Waals surface area contributed by atoms with Gasteiger partial charge in [0.2, 0.25) is 0 Å². The fraction of sp³-hybridized carbons (Fsp3) is 0.500. The third-order valence-electron chi connectivity index (χ3n) is 3.02. The number of pyridine rings is 1. The van der Waals surface area contributed by atoms with Crippen molar-refractivity contribution >= 4 is 5.57 Å². The molecule has 0 bridgehead atoms. The Morgan fingerprint density at radius 1 is 1.41 bits per heavy atom. The van der Waals surface area contributed by atoms with Crippen LogP contribution in [-0.4, -0.2) is 37.6 Å². The molecule has 0 fully saturated rings. The molecule has 3 nitrogen and oxygen atoms in total. The van der Waals surface area contributed by atoms with Crippen LogP contribution < -0.4 is 0 Å². The Bertz CT molecular complexity index is 424. The first-order valence-corrected chi connectivity index (χ1v) is 6.01. The Hall–Kier alpha value is -1.19. The molecule has 1 aliphatic rings. The maximum atomic E-state index is 5.15. The van der Waals surface area contributed by atoms with E-state index < -0.39 is 0 Å². The van der Waals surface area contributed by atoms with E-state index in [0.29, 0.717) is 6.61 Å². The third-order valence-corrected chi connectivity index (χ3v) is 3.02. The van der Waals surface area contributed by atoms with Gasteiger partial charge in [-0.15, -0.1) is 0 Å². The number of allylic oxidation sites excluding steroid dienone is 1. The summed E-state index contributed by atoms with van der Waals surface area (Å²) in [5, 5.41) is 0. The fourth-order valence-electron chi connectivity index (χ4n) is 2.15. The molecule has 0 aromatic carbocycles. The largest absolute Gasteiger partial charge is 0.380 e. The minimum Gasteiger partial charge on any atom is -0.380 e. The summed E-state index contributed by atoms with van der Waals surface area (Å²) in [6.45, 7) is 1.63. The average molecular weight is 232 g/mol. The van der Waals surface area contributed by atoms with E-state index in [-0.39, 0.29) is 0 Å². The lowest BCUT2D eigenvalue weighted by molar-refractivity contribution is 0.184. The molecule has 0 saturated heterocycles. The first-order valence-electron chi connectivity index (χ1n) is 6.01. The van der Waals surface area contributed by atoms with Gasteiger partial charge in [0.25, 0.3) is 0 Å². The van der Waals surface area contributed by atoms with E-state index in [4.69, 9.17) is 4.74 Å². The van der Waals surface area contributed by atoms with Crippen molar-refractivity contribution in [1.29, 1.82) is 0 Å². The number of fused-ring (bicyclic) bond motifs is 1. The molecule has 1 aliphatic carbocycles. The zero-order valence-corrected chi connectivity index (χ0v) is 10.9. The molecule has 1 heterocycles. The molecule has 0 unspecified atom stereocenters. The van der Waals surface area contributed by atoms with Crippen LogP contribution in [-0.2, 0) is 17.8 Å². The van der Waals surface area contributed by atoms with Gasteiger partial charge in [0.1, 0.15) is 0 Å². The molecule has 0 N–H and O–H groups in total. The second kappa shape index (κ2) is 5.43. The highest BCUT2D eigenvalue weighted by Gasteiger charge is 2.17. The van der Waals surface area contributed by atoms with Gasteiger partial charge in [0, 0.05) is 25.5 Å². The highest BCUT2D eigenvalue weighted by molar-refractivity contribution is 5.71. The summed E-state index contributed by atoms with van der Waals surface area (Å²) in [6, 6.07) is 2.22. The Balaban J connectivity index is 2.23. The van der Waals surface area contributed by atoms with Gasteiger partial charge in [-0.25, -0.2) is 0 Å². The first-order chi connectivity index (χ1) is 8.20. The summed E-state index contributed by atoms with van der Waals surface area (Å²) in [4.78, 5) is 6.70. The minimum atomic E-state index is 0.640. The molecule has 0 spiro atoms. The monoisotopic (exact) mass is 232 g/mol. The number of aryl methyl sites for hydroxylation is 1. The third kappa shape index (κ3) is 2.93. The van der Waals surface area contributed by atoms with Crippen molar-refractivity contribution in [2.75, 3.05) is 27.7 Å². The lowest BCUT2D eigenvalue weighted by atomic mass is 10.1. The summed E-state index contributed by atoms with van der Waals surface area (Å²) >= 11 is 0. The highest BCUT2D eigenvalue weighted by atomic mass is 16.5. The smallest absolute Gasteiger partial charge is 0.0728 e. The maximum Gasteiger partial charge on any atom is 0.0728 e. The summed E-state index contributed by atoms with van der Waals surface area (Å²) in [6.07, 6.45) is 6.43. The second-order valence-electron chi connectivity index (χ2n) is 4.76. The molecule has 0 radical (unpaired) electrons. The summed E-state index contributed by atoms with van der Waals surface area (Å²) in [5.41, 5.74) is 5.14. The molecule has 0 amide bonds. The molecule has 0 atom stereocenters. The molecule has 3 heteroatoms. The standard InChI is InChI=1S/C14H20N2O/c1-16(2)7-6-12-4-5-14-13(12)8-11(9-15-14)10-17-3/h6,8-9H,4-5,7,10H2,1-3H3/b12-6+. The van der Waals surface area contributed by atoms with Crippen LogP contribution in [0.2, 0.25) is 0 Å². The van der Waals surface area contributed by atoms with E-state index in [1.54, 1.807) is 7.11 Å². The van der Waals surface area contributed by atoms with Crippen molar-refractivity contribution in [2.24, 2.45) is 0 Å². The number of nitrogens with zero attached hydrogens (tertiary/aromatic N) is 2. The molecule has 1 aromatic heterocycles. The topological polar surface area (TPSA) is 25.4 Å². The fourth-order valence-corrected chi connectivity index (χ4v) is 2.15. The number of hydrogen-bond donors (Lipinski definition) is 0. The molecule has 17 heavy (non-hydrogen) atoms.